The number of nitrogens with zero attached hydrogens (tertiary/aromatic N) is 1. The molecule has 1 aromatic heterocycles. The van der Waals surface area contributed by atoms with Crippen LogP contribution in [-0.2, 0) is 6.54 Å². The van der Waals surface area contributed by atoms with E-state index in [2.05, 4.69) is 89.7 Å². The number of nitrogens with one attached hydrogen (secondary N) is 1. The molecule has 3 nitrogen and oxygen atoms in total. The smallest absolute Gasteiger partial charge is 0.133 e. The van der Waals surface area contributed by atoms with Gasteiger partial charge in [-0.2, -0.15) is 0 Å². The lowest BCUT2D eigenvalue weighted by molar-refractivity contribution is 0.315. The third-order valence-electron chi connectivity index (χ3n) is 4.63. The summed E-state index contributed by atoms with van der Waals surface area (Å²) in [4.78, 5) is 4.77. The predicted octanol–water partition coefficient (Wildman–Crippen LogP) is 7.44. The van der Waals surface area contributed by atoms with Crippen LogP contribution < -0.4 is 10.1 Å². The van der Waals surface area contributed by atoms with Crippen molar-refractivity contribution in [2.45, 2.75) is 26.8 Å². The van der Waals surface area contributed by atoms with E-state index in [9.17, 15) is 0 Å². The summed E-state index contributed by atoms with van der Waals surface area (Å²) in [6, 6.07) is 21.1. The Labute approximate surface area is 183 Å². The van der Waals surface area contributed by atoms with Gasteiger partial charge in [-0.15, -0.1) is 11.3 Å². The third kappa shape index (κ3) is 4.80. The number of hydrogen-bond acceptors (Lipinski definition) is 4. The Morgan fingerprint density at radius 1 is 1.03 bits per heavy atom. The molecule has 4 rings (SSSR count). The minimum atomic E-state index is 0.733. The molecule has 0 unspecified atom stereocenters. The number of benzene rings is 3. The zero-order valence-corrected chi connectivity index (χ0v) is 18.9. The van der Waals surface area contributed by atoms with Crippen LogP contribution in [0.2, 0.25) is 0 Å². The maximum atomic E-state index is 5.71. The lowest BCUT2D eigenvalue weighted by Crippen LogP contribution is -2.00. The summed E-state index contributed by atoms with van der Waals surface area (Å²) in [5, 5.41) is 4.54. The Hall–Kier alpha value is -2.37. The van der Waals surface area contributed by atoms with Gasteiger partial charge in [-0.1, -0.05) is 19.1 Å². The number of rotatable bonds is 7. The molecule has 0 saturated carbocycles. The minimum absolute atomic E-state index is 0.733. The highest BCUT2D eigenvalue weighted by Gasteiger charge is 2.07. The van der Waals surface area contributed by atoms with Gasteiger partial charge in [0.05, 0.1) is 21.3 Å². The molecule has 0 radical (unpaired) electrons. The highest BCUT2D eigenvalue weighted by molar-refractivity contribution is 9.10. The standard InChI is InChI=1S/C24H23BrN2OS/c1-3-12-28-22-11-5-17(14-20(22)25)15-26-19-8-6-18(7-9-19)24-27-21-10-4-16(2)13-23(21)29-24/h4-11,13-14,26H,3,12,15H2,1-2H3. The highest BCUT2D eigenvalue weighted by atomic mass is 79.9. The number of hydrogen-bond donors (Lipinski definition) is 1. The summed E-state index contributed by atoms with van der Waals surface area (Å²) in [6.07, 6.45) is 1.00. The Morgan fingerprint density at radius 3 is 2.62 bits per heavy atom. The largest absolute Gasteiger partial charge is 0.492 e. The van der Waals surface area contributed by atoms with Gasteiger partial charge in [0.25, 0.3) is 0 Å². The van der Waals surface area contributed by atoms with Crippen molar-refractivity contribution in [3.8, 4) is 16.3 Å². The normalized spacial score (nSPS) is 11.0. The molecule has 0 aliphatic carbocycles. The van der Waals surface area contributed by atoms with E-state index in [0.717, 1.165) is 51.6 Å². The van der Waals surface area contributed by atoms with Crippen LogP contribution in [-0.4, -0.2) is 11.6 Å². The van der Waals surface area contributed by atoms with Crippen LogP contribution in [0.15, 0.2) is 65.1 Å². The van der Waals surface area contributed by atoms with Crippen molar-refractivity contribution in [1.29, 1.82) is 0 Å². The van der Waals surface area contributed by atoms with Gasteiger partial charge in [0.15, 0.2) is 0 Å². The number of thiazole rings is 1. The number of fused-ring (bicyclic) bond motifs is 1. The number of aromatic nitrogens is 1. The Bertz CT molecular complexity index is 1120. The van der Waals surface area contributed by atoms with Crippen LogP contribution >= 0.6 is 27.3 Å². The second-order valence-electron chi connectivity index (χ2n) is 7.03. The van der Waals surface area contributed by atoms with Gasteiger partial charge in [-0.25, -0.2) is 4.98 Å². The van der Waals surface area contributed by atoms with Gasteiger partial charge < -0.3 is 10.1 Å². The monoisotopic (exact) mass is 466 g/mol. The quantitative estimate of drug-likeness (QED) is 0.307. The molecular formula is C24H23BrN2OS. The van der Waals surface area contributed by atoms with E-state index < -0.39 is 0 Å². The van der Waals surface area contributed by atoms with Gasteiger partial charge in [-0.05, 0) is 88.9 Å². The number of aryl methyl sites for hydroxylation is 1. The van der Waals surface area contributed by atoms with Gasteiger partial charge in [-0.3, -0.25) is 0 Å². The maximum Gasteiger partial charge on any atom is 0.133 e. The Kier molecular flexibility index (Phi) is 6.16. The molecule has 0 atom stereocenters. The van der Waals surface area contributed by atoms with E-state index in [1.165, 1.54) is 15.8 Å². The summed E-state index contributed by atoms with van der Waals surface area (Å²) in [7, 11) is 0. The average Bonchev–Trinajstić information content (AvgIpc) is 3.15. The second kappa shape index (κ2) is 8.97. The fraction of sp³-hybridized carbons (Fsp3) is 0.208. The topological polar surface area (TPSA) is 34.1 Å². The molecule has 0 fully saturated rings. The zero-order valence-electron chi connectivity index (χ0n) is 16.5. The Morgan fingerprint density at radius 2 is 1.86 bits per heavy atom. The number of anilines is 1. The molecule has 3 aromatic carbocycles. The van der Waals surface area contributed by atoms with Crippen molar-refractivity contribution >= 4 is 43.2 Å². The zero-order chi connectivity index (χ0) is 20.2. The highest BCUT2D eigenvalue weighted by Crippen LogP contribution is 2.31. The maximum absolute atomic E-state index is 5.71. The molecule has 1 heterocycles. The first-order valence-electron chi connectivity index (χ1n) is 9.75. The molecule has 0 bridgehead atoms. The summed E-state index contributed by atoms with van der Waals surface area (Å²) < 4.78 is 7.94. The molecule has 5 heteroatoms. The van der Waals surface area contributed by atoms with Crippen molar-refractivity contribution in [3.05, 3.63) is 76.3 Å². The van der Waals surface area contributed by atoms with E-state index in [1.807, 2.05) is 6.07 Å². The molecule has 4 aromatic rings. The molecule has 1 N–H and O–H groups in total. The van der Waals surface area contributed by atoms with Crippen LogP contribution in [0.5, 0.6) is 5.75 Å². The molecule has 0 aliphatic rings. The molecule has 148 valence electrons. The van der Waals surface area contributed by atoms with Crippen molar-refractivity contribution in [3.63, 3.8) is 0 Å². The van der Waals surface area contributed by atoms with E-state index in [-0.39, 0.29) is 0 Å². The first kappa shape index (κ1) is 19.9. The van der Waals surface area contributed by atoms with Gasteiger partial charge in [0.2, 0.25) is 0 Å². The van der Waals surface area contributed by atoms with Crippen LogP contribution in [0, 0.1) is 6.92 Å². The minimum Gasteiger partial charge on any atom is -0.492 e. The molecule has 0 spiro atoms. The second-order valence-corrected chi connectivity index (χ2v) is 8.92. The van der Waals surface area contributed by atoms with Crippen molar-refractivity contribution < 1.29 is 4.74 Å². The van der Waals surface area contributed by atoms with E-state index in [4.69, 9.17) is 9.72 Å². The van der Waals surface area contributed by atoms with Crippen molar-refractivity contribution in [2.75, 3.05) is 11.9 Å². The van der Waals surface area contributed by atoms with E-state index in [1.54, 1.807) is 11.3 Å². The first-order valence-corrected chi connectivity index (χ1v) is 11.4. The fourth-order valence-corrected chi connectivity index (χ4v) is 4.68. The lowest BCUT2D eigenvalue weighted by atomic mass is 10.2. The van der Waals surface area contributed by atoms with Crippen molar-refractivity contribution in [1.82, 2.24) is 4.98 Å². The first-order chi connectivity index (χ1) is 14.1. The van der Waals surface area contributed by atoms with Crippen molar-refractivity contribution in [2.24, 2.45) is 0 Å². The SMILES string of the molecule is CCCOc1ccc(CNc2ccc(-c3nc4ccc(C)cc4s3)cc2)cc1Br. The number of ether oxygens (including phenoxy) is 1. The molecule has 29 heavy (non-hydrogen) atoms. The molecular weight excluding hydrogens is 444 g/mol. The van der Waals surface area contributed by atoms with E-state index in [0.29, 0.717) is 0 Å². The lowest BCUT2D eigenvalue weighted by Gasteiger charge is -2.10. The predicted molar refractivity (Wildman–Crippen MR) is 127 cm³/mol. The van der Waals surface area contributed by atoms with Gasteiger partial charge in [0.1, 0.15) is 10.8 Å². The summed E-state index contributed by atoms with van der Waals surface area (Å²) in [5.74, 6) is 0.894. The molecule has 0 saturated heterocycles. The van der Waals surface area contributed by atoms with Gasteiger partial charge in [0, 0.05) is 17.8 Å². The number of halogens is 1. The average molecular weight is 467 g/mol. The summed E-state index contributed by atoms with van der Waals surface area (Å²) in [6.45, 7) is 5.71. The third-order valence-corrected chi connectivity index (χ3v) is 6.32. The Balaban J connectivity index is 1.42. The molecule has 0 aliphatic heterocycles. The molecule has 0 amide bonds. The van der Waals surface area contributed by atoms with Crippen LogP contribution in [0.1, 0.15) is 24.5 Å². The van der Waals surface area contributed by atoms with Crippen LogP contribution in [0.3, 0.4) is 0 Å². The van der Waals surface area contributed by atoms with Crippen LogP contribution in [0.25, 0.3) is 20.8 Å². The van der Waals surface area contributed by atoms with E-state index >= 15 is 0 Å². The fourth-order valence-electron chi connectivity index (χ4n) is 3.07. The summed E-state index contributed by atoms with van der Waals surface area (Å²) in [5.41, 5.74) is 5.77. The van der Waals surface area contributed by atoms with Gasteiger partial charge >= 0.3 is 0 Å². The summed E-state index contributed by atoms with van der Waals surface area (Å²) >= 11 is 5.34. The van der Waals surface area contributed by atoms with Crippen LogP contribution in [0.4, 0.5) is 5.69 Å².